The lowest BCUT2D eigenvalue weighted by Crippen LogP contribution is -2.20. The molecule has 3 aromatic rings. The Morgan fingerprint density at radius 3 is 2.87 bits per heavy atom. The smallest absolute Gasteiger partial charge is 0.257 e. The lowest BCUT2D eigenvalue weighted by atomic mass is 10.1. The van der Waals surface area contributed by atoms with Crippen molar-refractivity contribution in [3.05, 3.63) is 63.1 Å². The largest absolute Gasteiger partial charge is 0.454 e. The standard InChI is InChI=1S/C22H18ClN3O4S/c1-11-14(23)3-2-4-15(11)24-21(28)13-6-8-18-19(13)25-22(31-18)26-20(27)12-5-7-16-17(9-12)30-10-29-16/h2-5,7,9,13H,6,8,10H2,1H3,(H,24,28)(H,25,26,27). The summed E-state index contributed by atoms with van der Waals surface area (Å²) in [6, 6.07) is 10.4. The van der Waals surface area contributed by atoms with Crippen LogP contribution in [-0.2, 0) is 11.2 Å². The van der Waals surface area contributed by atoms with Crippen molar-refractivity contribution in [2.24, 2.45) is 0 Å². The van der Waals surface area contributed by atoms with E-state index in [-0.39, 0.29) is 24.5 Å². The number of hydrogen-bond acceptors (Lipinski definition) is 6. The minimum absolute atomic E-state index is 0.122. The molecule has 0 spiro atoms. The summed E-state index contributed by atoms with van der Waals surface area (Å²) in [7, 11) is 0. The number of halogens is 1. The molecule has 7 nitrogen and oxygen atoms in total. The van der Waals surface area contributed by atoms with Crippen molar-refractivity contribution < 1.29 is 19.1 Å². The fraction of sp³-hybridized carbons (Fsp3) is 0.227. The summed E-state index contributed by atoms with van der Waals surface area (Å²) in [4.78, 5) is 31.1. The maximum Gasteiger partial charge on any atom is 0.257 e. The SMILES string of the molecule is Cc1c(Cl)cccc1NC(=O)C1CCc2sc(NC(=O)c3ccc4c(c3)OCO4)nc21. The topological polar surface area (TPSA) is 89.6 Å². The predicted octanol–water partition coefficient (Wildman–Crippen LogP) is 4.75. The van der Waals surface area contributed by atoms with Crippen LogP contribution < -0.4 is 20.1 Å². The first-order chi connectivity index (χ1) is 15.0. The van der Waals surface area contributed by atoms with Gasteiger partial charge in [-0.25, -0.2) is 4.98 Å². The van der Waals surface area contributed by atoms with E-state index < -0.39 is 0 Å². The predicted molar refractivity (Wildman–Crippen MR) is 119 cm³/mol. The average molecular weight is 456 g/mol. The zero-order chi connectivity index (χ0) is 21.5. The van der Waals surface area contributed by atoms with Crippen molar-refractivity contribution in [2.75, 3.05) is 17.4 Å². The van der Waals surface area contributed by atoms with Gasteiger partial charge in [0.05, 0.1) is 11.6 Å². The van der Waals surface area contributed by atoms with Crippen LogP contribution in [0.5, 0.6) is 11.5 Å². The van der Waals surface area contributed by atoms with Crippen molar-refractivity contribution in [2.45, 2.75) is 25.7 Å². The number of amides is 2. The Labute approximate surface area is 187 Å². The summed E-state index contributed by atoms with van der Waals surface area (Å²) in [5.41, 5.74) is 2.69. The number of nitrogens with one attached hydrogen (secondary N) is 2. The molecule has 0 saturated carbocycles. The summed E-state index contributed by atoms with van der Waals surface area (Å²) in [5.74, 6) is 0.390. The lowest BCUT2D eigenvalue weighted by Gasteiger charge is -2.13. The van der Waals surface area contributed by atoms with Crippen LogP contribution in [0.3, 0.4) is 0 Å². The molecule has 2 amide bonds. The molecular weight excluding hydrogens is 438 g/mol. The van der Waals surface area contributed by atoms with E-state index in [1.807, 2.05) is 13.0 Å². The van der Waals surface area contributed by atoms with E-state index in [2.05, 4.69) is 15.6 Å². The summed E-state index contributed by atoms with van der Waals surface area (Å²) in [6.07, 6.45) is 1.44. The number of fused-ring (bicyclic) bond motifs is 2. The number of ether oxygens (including phenoxy) is 2. The van der Waals surface area contributed by atoms with E-state index in [1.54, 1.807) is 30.3 Å². The van der Waals surface area contributed by atoms with E-state index in [0.717, 1.165) is 22.6 Å². The van der Waals surface area contributed by atoms with Gasteiger partial charge in [0.2, 0.25) is 12.7 Å². The number of carbonyl (C=O) groups excluding carboxylic acids is 2. The zero-order valence-electron chi connectivity index (χ0n) is 16.5. The van der Waals surface area contributed by atoms with Crippen LogP contribution in [-0.4, -0.2) is 23.6 Å². The highest BCUT2D eigenvalue weighted by Gasteiger charge is 2.33. The Bertz CT molecular complexity index is 1210. The van der Waals surface area contributed by atoms with Gasteiger partial charge >= 0.3 is 0 Å². The highest BCUT2D eigenvalue weighted by atomic mass is 35.5. The average Bonchev–Trinajstić information content (AvgIpc) is 3.46. The number of carbonyl (C=O) groups is 2. The molecule has 2 N–H and O–H groups in total. The first-order valence-electron chi connectivity index (χ1n) is 9.76. The Kier molecular flexibility index (Phi) is 5.03. The Balaban J connectivity index is 1.30. The fourth-order valence-corrected chi connectivity index (χ4v) is 4.91. The molecule has 0 radical (unpaired) electrons. The molecule has 0 saturated heterocycles. The number of aromatic nitrogens is 1. The number of thiazole rings is 1. The van der Waals surface area contributed by atoms with Crippen molar-refractivity contribution in [1.29, 1.82) is 0 Å². The zero-order valence-corrected chi connectivity index (χ0v) is 18.1. The van der Waals surface area contributed by atoms with E-state index in [0.29, 0.717) is 39.3 Å². The Hall–Kier alpha value is -3.10. The minimum atomic E-state index is -0.360. The molecule has 158 valence electrons. The lowest BCUT2D eigenvalue weighted by molar-refractivity contribution is -0.117. The Morgan fingerprint density at radius 2 is 2.00 bits per heavy atom. The van der Waals surface area contributed by atoms with Crippen molar-refractivity contribution >= 4 is 45.6 Å². The summed E-state index contributed by atoms with van der Waals surface area (Å²) in [5, 5.41) is 6.87. The van der Waals surface area contributed by atoms with Crippen molar-refractivity contribution in [3.63, 3.8) is 0 Å². The van der Waals surface area contributed by atoms with Crippen LogP contribution in [0.25, 0.3) is 0 Å². The molecule has 1 aliphatic carbocycles. The molecule has 0 fully saturated rings. The molecule has 2 heterocycles. The number of aryl methyl sites for hydroxylation is 1. The van der Waals surface area contributed by atoms with Crippen LogP contribution in [0.15, 0.2) is 36.4 Å². The van der Waals surface area contributed by atoms with Crippen LogP contribution in [0.4, 0.5) is 10.8 Å². The van der Waals surface area contributed by atoms with Crippen molar-refractivity contribution in [1.82, 2.24) is 4.98 Å². The molecule has 1 unspecified atom stereocenters. The third-order valence-electron chi connectivity index (χ3n) is 5.41. The Morgan fingerprint density at radius 1 is 1.16 bits per heavy atom. The van der Waals surface area contributed by atoms with Crippen molar-refractivity contribution in [3.8, 4) is 11.5 Å². The van der Waals surface area contributed by atoms with Crippen LogP contribution in [0.1, 0.15) is 38.8 Å². The second-order valence-electron chi connectivity index (χ2n) is 7.34. The number of anilines is 2. The van der Waals surface area contributed by atoms with Gasteiger partial charge in [0, 0.05) is 21.2 Å². The van der Waals surface area contributed by atoms with E-state index in [4.69, 9.17) is 21.1 Å². The van der Waals surface area contributed by atoms with E-state index in [9.17, 15) is 9.59 Å². The number of rotatable bonds is 4. The first-order valence-corrected chi connectivity index (χ1v) is 11.0. The maximum absolute atomic E-state index is 12.9. The summed E-state index contributed by atoms with van der Waals surface area (Å²) < 4.78 is 10.6. The second-order valence-corrected chi connectivity index (χ2v) is 8.83. The monoisotopic (exact) mass is 455 g/mol. The van der Waals surface area contributed by atoms with Gasteiger partial charge in [-0.15, -0.1) is 11.3 Å². The van der Waals surface area contributed by atoms with E-state index in [1.165, 1.54) is 11.3 Å². The normalized spacial score (nSPS) is 16.1. The van der Waals surface area contributed by atoms with Gasteiger partial charge < -0.3 is 14.8 Å². The van der Waals surface area contributed by atoms with Gasteiger partial charge in [0.25, 0.3) is 5.91 Å². The first kappa shape index (κ1) is 19.8. The van der Waals surface area contributed by atoms with Gasteiger partial charge in [-0.3, -0.25) is 14.9 Å². The molecule has 5 rings (SSSR count). The summed E-state index contributed by atoms with van der Waals surface area (Å²) >= 11 is 7.56. The highest BCUT2D eigenvalue weighted by molar-refractivity contribution is 7.16. The van der Waals surface area contributed by atoms with Gasteiger partial charge in [0.1, 0.15) is 0 Å². The van der Waals surface area contributed by atoms with E-state index >= 15 is 0 Å². The fourth-order valence-electron chi connectivity index (χ4n) is 3.71. The second kappa shape index (κ2) is 7.86. The van der Waals surface area contributed by atoms with Gasteiger partial charge in [-0.2, -0.15) is 0 Å². The molecule has 0 bridgehead atoms. The minimum Gasteiger partial charge on any atom is -0.454 e. The van der Waals surface area contributed by atoms with Crippen LogP contribution in [0, 0.1) is 6.92 Å². The molecule has 2 aromatic carbocycles. The molecule has 2 aliphatic rings. The quantitative estimate of drug-likeness (QED) is 0.592. The molecule has 9 heteroatoms. The molecule has 1 atom stereocenters. The van der Waals surface area contributed by atoms with Gasteiger partial charge in [-0.05, 0) is 55.7 Å². The molecule has 1 aromatic heterocycles. The number of nitrogens with zero attached hydrogens (tertiary/aromatic N) is 1. The molecule has 1 aliphatic heterocycles. The molecular formula is C22H18ClN3O4S. The van der Waals surface area contributed by atoms with Gasteiger partial charge in [0.15, 0.2) is 16.6 Å². The number of hydrogen-bond donors (Lipinski definition) is 2. The highest BCUT2D eigenvalue weighted by Crippen LogP contribution is 2.39. The summed E-state index contributed by atoms with van der Waals surface area (Å²) in [6.45, 7) is 2.02. The number of benzene rings is 2. The van der Waals surface area contributed by atoms with Crippen LogP contribution >= 0.6 is 22.9 Å². The molecule has 31 heavy (non-hydrogen) atoms. The third kappa shape index (κ3) is 3.73. The maximum atomic E-state index is 12.9. The third-order valence-corrected chi connectivity index (χ3v) is 6.87. The van der Waals surface area contributed by atoms with Gasteiger partial charge in [-0.1, -0.05) is 17.7 Å². The van der Waals surface area contributed by atoms with Crippen LogP contribution in [0.2, 0.25) is 5.02 Å².